The highest BCUT2D eigenvalue weighted by molar-refractivity contribution is 5.93. The second-order valence-corrected chi connectivity index (χ2v) is 6.96. The minimum absolute atomic E-state index is 0.0218. The monoisotopic (exact) mass is 398 g/mol. The summed E-state index contributed by atoms with van der Waals surface area (Å²) in [7, 11) is 1.47. The molecule has 0 saturated carbocycles. The van der Waals surface area contributed by atoms with E-state index in [2.05, 4.69) is 10.2 Å². The van der Waals surface area contributed by atoms with Crippen molar-refractivity contribution < 1.29 is 24.2 Å². The molecule has 2 N–H and O–H groups in total. The van der Waals surface area contributed by atoms with Crippen LogP contribution in [0.5, 0.6) is 11.5 Å². The number of methoxy groups -OCH3 is 1. The summed E-state index contributed by atoms with van der Waals surface area (Å²) < 4.78 is 10.0. The van der Waals surface area contributed by atoms with Gasteiger partial charge in [0.15, 0.2) is 18.1 Å². The van der Waals surface area contributed by atoms with E-state index in [-0.39, 0.29) is 24.7 Å². The van der Waals surface area contributed by atoms with Crippen molar-refractivity contribution in [3.05, 3.63) is 48.0 Å². The molecular formula is C22H26N2O5. The van der Waals surface area contributed by atoms with Crippen molar-refractivity contribution >= 4 is 23.3 Å². The maximum Gasteiger partial charge on any atom is 0.306 e. The average Bonchev–Trinajstić information content (AvgIpc) is 3.26. The van der Waals surface area contributed by atoms with E-state index in [1.165, 1.54) is 20.0 Å². The highest BCUT2D eigenvalue weighted by Crippen LogP contribution is 2.26. The molecule has 0 spiro atoms. The topological polar surface area (TPSA) is 88.1 Å². The lowest BCUT2D eigenvalue weighted by Crippen LogP contribution is -2.21. The van der Waals surface area contributed by atoms with Crippen LogP contribution < -0.4 is 15.0 Å². The normalized spacial score (nSPS) is 13.2. The van der Waals surface area contributed by atoms with Crippen molar-refractivity contribution in [1.29, 1.82) is 0 Å². The summed E-state index contributed by atoms with van der Waals surface area (Å²) in [6.07, 6.45) is 2.94. The molecule has 0 radical (unpaired) electrons. The zero-order valence-electron chi connectivity index (χ0n) is 16.5. The van der Waals surface area contributed by atoms with Crippen LogP contribution in [-0.2, 0) is 20.7 Å². The second-order valence-electron chi connectivity index (χ2n) is 6.96. The average molecular weight is 398 g/mol. The van der Waals surface area contributed by atoms with E-state index < -0.39 is 5.97 Å². The molecule has 2 aromatic carbocycles. The van der Waals surface area contributed by atoms with Gasteiger partial charge in [0, 0.05) is 30.9 Å². The minimum Gasteiger partial charge on any atom is -0.504 e. The Morgan fingerprint density at radius 3 is 2.48 bits per heavy atom. The van der Waals surface area contributed by atoms with Gasteiger partial charge < -0.3 is 24.8 Å². The number of carbonyl (C=O) groups is 2. The van der Waals surface area contributed by atoms with Gasteiger partial charge in [-0.25, -0.2) is 0 Å². The largest absolute Gasteiger partial charge is 0.504 e. The number of amides is 1. The fourth-order valence-electron chi connectivity index (χ4n) is 3.28. The summed E-state index contributed by atoms with van der Waals surface area (Å²) in [5.74, 6) is -0.454. The molecule has 1 aliphatic rings. The number of benzene rings is 2. The second kappa shape index (κ2) is 9.82. The van der Waals surface area contributed by atoms with E-state index in [1.807, 2.05) is 24.3 Å². The number of hydrogen-bond donors (Lipinski definition) is 2. The Labute approximate surface area is 170 Å². The van der Waals surface area contributed by atoms with Crippen molar-refractivity contribution in [2.24, 2.45) is 0 Å². The molecule has 0 atom stereocenters. The number of nitrogens with one attached hydrogen (secondary N) is 1. The van der Waals surface area contributed by atoms with Crippen LogP contribution in [0.2, 0.25) is 0 Å². The van der Waals surface area contributed by atoms with Gasteiger partial charge in [0.1, 0.15) is 0 Å². The Morgan fingerprint density at radius 2 is 1.83 bits per heavy atom. The molecule has 1 heterocycles. The van der Waals surface area contributed by atoms with E-state index >= 15 is 0 Å². The third-order valence-electron chi connectivity index (χ3n) is 4.85. The smallest absolute Gasteiger partial charge is 0.306 e. The van der Waals surface area contributed by atoms with Gasteiger partial charge in [-0.15, -0.1) is 0 Å². The van der Waals surface area contributed by atoms with Crippen LogP contribution in [0, 0.1) is 0 Å². The van der Waals surface area contributed by atoms with Crippen LogP contribution in [0.15, 0.2) is 42.5 Å². The van der Waals surface area contributed by atoms with Gasteiger partial charge >= 0.3 is 5.97 Å². The highest BCUT2D eigenvalue weighted by atomic mass is 16.5. The number of hydrogen-bond acceptors (Lipinski definition) is 6. The predicted molar refractivity (Wildman–Crippen MR) is 110 cm³/mol. The Morgan fingerprint density at radius 1 is 1.10 bits per heavy atom. The number of aryl methyl sites for hydroxylation is 1. The molecule has 1 aliphatic heterocycles. The summed E-state index contributed by atoms with van der Waals surface area (Å²) in [4.78, 5) is 26.2. The van der Waals surface area contributed by atoms with Crippen LogP contribution in [-0.4, -0.2) is 43.8 Å². The Bertz CT molecular complexity index is 845. The van der Waals surface area contributed by atoms with Gasteiger partial charge in [-0.1, -0.05) is 6.07 Å². The first-order valence-corrected chi connectivity index (χ1v) is 9.71. The standard InChI is InChI=1S/C22H26N2O5/c1-28-20-10-4-16(14-19(20)25)5-11-22(27)29-15-21(26)23-17-6-8-18(9-7-17)24-12-2-3-13-24/h4,6-10,14,25H,2-3,5,11-13,15H2,1H3,(H,23,26). The SMILES string of the molecule is COc1ccc(CCC(=O)OCC(=O)Nc2ccc(N3CCCC3)cc2)cc1O. The first kappa shape index (κ1) is 20.5. The van der Waals surface area contributed by atoms with Gasteiger partial charge in [0.2, 0.25) is 0 Å². The molecule has 0 aliphatic carbocycles. The third kappa shape index (κ3) is 5.88. The van der Waals surface area contributed by atoms with Crippen molar-refractivity contribution in [1.82, 2.24) is 0 Å². The van der Waals surface area contributed by atoms with Crippen molar-refractivity contribution in [2.75, 3.05) is 37.0 Å². The number of ether oxygens (including phenoxy) is 2. The fraction of sp³-hybridized carbons (Fsp3) is 0.364. The summed E-state index contributed by atoms with van der Waals surface area (Å²) in [5, 5.41) is 12.5. The quantitative estimate of drug-likeness (QED) is 0.665. The maximum atomic E-state index is 12.0. The van der Waals surface area contributed by atoms with Crippen LogP contribution in [0.3, 0.4) is 0 Å². The van der Waals surface area contributed by atoms with Crippen molar-refractivity contribution in [3.63, 3.8) is 0 Å². The minimum atomic E-state index is -0.472. The van der Waals surface area contributed by atoms with Crippen LogP contribution in [0.25, 0.3) is 0 Å². The molecule has 154 valence electrons. The van der Waals surface area contributed by atoms with E-state index in [1.54, 1.807) is 18.2 Å². The molecule has 7 nitrogen and oxygen atoms in total. The molecule has 1 saturated heterocycles. The predicted octanol–water partition coefficient (Wildman–Crippen LogP) is 3.12. The Kier molecular flexibility index (Phi) is 6.94. The molecule has 0 unspecified atom stereocenters. The van der Waals surface area contributed by atoms with Gasteiger partial charge in [-0.05, 0) is 61.2 Å². The molecule has 0 bridgehead atoms. The number of aromatic hydroxyl groups is 1. The highest BCUT2D eigenvalue weighted by Gasteiger charge is 2.13. The first-order valence-electron chi connectivity index (χ1n) is 9.71. The number of anilines is 2. The molecule has 1 amide bonds. The summed E-state index contributed by atoms with van der Waals surface area (Å²) in [6, 6.07) is 12.6. The molecular weight excluding hydrogens is 372 g/mol. The van der Waals surface area contributed by atoms with Gasteiger partial charge in [-0.2, -0.15) is 0 Å². The van der Waals surface area contributed by atoms with Crippen LogP contribution in [0.4, 0.5) is 11.4 Å². The van der Waals surface area contributed by atoms with Gasteiger partial charge in [0.05, 0.1) is 7.11 Å². The zero-order valence-corrected chi connectivity index (χ0v) is 16.5. The number of rotatable bonds is 8. The number of carbonyl (C=O) groups excluding carboxylic acids is 2. The zero-order chi connectivity index (χ0) is 20.6. The summed E-state index contributed by atoms with van der Waals surface area (Å²) in [6.45, 7) is 1.80. The number of phenolic OH excluding ortho intramolecular Hbond substituents is 1. The van der Waals surface area contributed by atoms with Crippen LogP contribution >= 0.6 is 0 Å². The Balaban J connectivity index is 1.39. The van der Waals surface area contributed by atoms with Crippen molar-refractivity contribution in [2.45, 2.75) is 25.7 Å². The van der Waals surface area contributed by atoms with E-state index in [9.17, 15) is 14.7 Å². The number of esters is 1. The number of phenols is 1. The molecule has 1 fully saturated rings. The van der Waals surface area contributed by atoms with Gasteiger partial charge in [0.25, 0.3) is 5.91 Å². The maximum absolute atomic E-state index is 12.0. The molecule has 2 aromatic rings. The van der Waals surface area contributed by atoms with Gasteiger partial charge in [-0.3, -0.25) is 9.59 Å². The van der Waals surface area contributed by atoms with E-state index in [0.717, 1.165) is 24.3 Å². The van der Waals surface area contributed by atoms with E-state index in [0.29, 0.717) is 17.9 Å². The molecule has 7 heteroatoms. The lowest BCUT2D eigenvalue weighted by atomic mass is 10.1. The summed E-state index contributed by atoms with van der Waals surface area (Å²) >= 11 is 0. The molecule has 29 heavy (non-hydrogen) atoms. The van der Waals surface area contributed by atoms with Crippen molar-refractivity contribution in [3.8, 4) is 11.5 Å². The lowest BCUT2D eigenvalue weighted by molar-refractivity contribution is -0.147. The fourth-order valence-corrected chi connectivity index (χ4v) is 3.28. The van der Waals surface area contributed by atoms with Crippen LogP contribution in [0.1, 0.15) is 24.8 Å². The van der Waals surface area contributed by atoms with E-state index in [4.69, 9.17) is 9.47 Å². The molecule has 0 aromatic heterocycles. The third-order valence-corrected chi connectivity index (χ3v) is 4.85. The number of nitrogens with zero attached hydrogens (tertiary/aromatic N) is 1. The first-order chi connectivity index (χ1) is 14.0. The summed E-state index contributed by atoms with van der Waals surface area (Å²) in [5.41, 5.74) is 2.60. The Hall–Kier alpha value is -3.22. The molecule has 3 rings (SSSR count). The lowest BCUT2D eigenvalue weighted by Gasteiger charge is -2.17.